The second-order valence-corrected chi connectivity index (χ2v) is 5.55. The summed E-state index contributed by atoms with van der Waals surface area (Å²) >= 11 is 0. The first-order chi connectivity index (χ1) is 11.8. The average Bonchev–Trinajstić information content (AvgIpc) is 2.98. The van der Waals surface area contributed by atoms with Gasteiger partial charge >= 0.3 is 6.11 Å². The van der Waals surface area contributed by atoms with E-state index in [4.69, 9.17) is 11.0 Å². The summed E-state index contributed by atoms with van der Waals surface area (Å²) in [6, 6.07) is 6.28. The number of alkyl halides is 2. The van der Waals surface area contributed by atoms with Gasteiger partial charge in [0.05, 0.1) is 11.3 Å². The van der Waals surface area contributed by atoms with Crippen LogP contribution in [0.5, 0.6) is 5.75 Å². The van der Waals surface area contributed by atoms with Gasteiger partial charge in [-0.05, 0) is 34.9 Å². The Morgan fingerprint density at radius 2 is 2.12 bits per heavy atom. The third kappa shape index (κ3) is 3.33. The fourth-order valence-electron chi connectivity index (χ4n) is 2.46. The fourth-order valence-corrected chi connectivity index (χ4v) is 2.46. The molecule has 3 aromatic rings. The number of fused-ring (bicyclic) bond motifs is 1. The molecule has 0 saturated heterocycles. The highest BCUT2D eigenvalue weighted by atomic mass is 19.3. The normalized spacial score (nSPS) is 11.5. The number of benzene rings is 1. The van der Waals surface area contributed by atoms with Crippen molar-refractivity contribution in [2.24, 2.45) is 0 Å². The van der Waals surface area contributed by atoms with Gasteiger partial charge in [-0.3, -0.25) is 0 Å². The first-order valence-electron chi connectivity index (χ1n) is 7.25. The molecule has 0 fully saturated rings. The number of ether oxygens (including phenoxy) is 1. The number of nitrogens with zero attached hydrogens (tertiary/aromatic N) is 4. The number of nitrogen functional groups attached to an aromatic ring is 1. The Kier molecular flexibility index (Phi) is 3.96. The zero-order chi connectivity index (χ0) is 18.2. The molecule has 0 unspecified atom stereocenters. The van der Waals surface area contributed by atoms with Crippen LogP contribution in [-0.2, 0) is 6.42 Å². The van der Waals surface area contributed by atoms with Crippen molar-refractivity contribution in [3.63, 3.8) is 0 Å². The van der Waals surface area contributed by atoms with Crippen LogP contribution in [0.2, 0.25) is 0 Å². The van der Waals surface area contributed by atoms with Crippen LogP contribution in [0.4, 0.5) is 14.5 Å². The SMILES string of the molecule is Cc1nc2nonc2c(N)c1Cc1ccc(C#N)c(OC(C)(F)F)c1. The number of pyridine rings is 1. The van der Waals surface area contributed by atoms with E-state index in [1.807, 2.05) is 6.07 Å². The third-order valence-corrected chi connectivity index (χ3v) is 3.60. The summed E-state index contributed by atoms with van der Waals surface area (Å²) in [6.45, 7) is 2.36. The Hall–Kier alpha value is -3.28. The second kappa shape index (κ2) is 5.98. The van der Waals surface area contributed by atoms with E-state index in [0.717, 1.165) is 0 Å². The van der Waals surface area contributed by atoms with Crippen LogP contribution in [0.25, 0.3) is 11.2 Å². The first kappa shape index (κ1) is 16.6. The number of nitriles is 1. The van der Waals surface area contributed by atoms with Gasteiger partial charge in [0, 0.05) is 24.6 Å². The van der Waals surface area contributed by atoms with E-state index in [-0.39, 0.29) is 11.3 Å². The molecule has 2 N–H and O–H groups in total. The van der Waals surface area contributed by atoms with Crippen molar-refractivity contribution in [2.45, 2.75) is 26.4 Å². The van der Waals surface area contributed by atoms with Crippen LogP contribution in [0.15, 0.2) is 22.8 Å². The lowest BCUT2D eigenvalue weighted by atomic mass is 10.0. The van der Waals surface area contributed by atoms with Gasteiger partial charge in [-0.2, -0.15) is 14.0 Å². The molecule has 0 aliphatic carbocycles. The molecule has 0 amide bonds. The molecule has 0 saturated carbocycles. The van der Waals surface area contributed by atoms with Crippen molar-refractivity contribution in [1.29, 1.82) is 5.26 Å². The Balaban J connectivity index is 2.01. The molecule has 0 bridgehead atoms. The summed E-state index contributed by atoms with van der Waals surface area (Å²) in [7, 11) is 0. The molecular weight excluding hydrogens is 332 g/mol. The predicted octanol–water partition coefficient (Wildman–Crippen LogP) is 2.96. The summed E-state index contributed by atoms with van der Waals surface area (Å²) in [5.41, 5.74) is 9.03. The predicted molar refractivity (Wildman–Crippen MR) is 84.0 cm³/mol. The Morgan fingerprint density at radius 3 is 2.80 bits per heavy atom. The Bertz CT molecular complexity index is 989. The summed E-state index contributed by atoms with van der Waals surface area (Å²) in [5, 5.41) is 16.4. The maximum absolute atomic E-state index is 13.2. The molecule has 25 heavy (non-hydrogen) atoms. The van der Waals surface area contributed by atoms with Crippen molar-refractivity contribution in [2.75, 3.05) is 5.73 Å². The zero-order valence-electron chi connectivity index (χ0n) is 13.4. The number of aryl methyl sites for hydroxylation is 1. The molecule has 0 radical (unpaired) electrons. The largest absolute Gasteiger partial charge is 0.431 e. The van der Waals surface area contributed by atoms with E-state index in [1.165, 1.54) is 12.1 Å². The van der Waals surface area contributed by atoms with Gasteiger partial charge < -0.3 is 10.5 Å². The lowest BCUT2D eigenvalue weighted by Crippen LogP contribution is -2.19. The van der Waals surface area contributed by atoms with Gasteiger partial charge in [-0.25, -0.2) is 9.61 Å². The smallest absolute Gasteiger partial charge is 0.394 e. The van der Waals surface area contributed by atoms with Crippen LogP contribution in [-0.4, -0.2) is 21.4 Å². The molecule has 1 aromatic carbocycles. The van der Waals surface area contributed by atoms with E-state index in [0.29, 0.717) is 47.0 Å². The molecule has 9 heteroatoms. The standard InChI is InChI=1S/C16H13F2N5O2/c1-8-11(13(20)14-15(21-8)23-25-22-14)5-9-3-4-10(7-19)12(6-9)24-16(2,17)18/h3-4,6H,5,20H2,1-2H3. The number of rotatable bonds is 4. The molecular formula is C16H13F2N5O2. The van der Waals surface area contributed by atoms with Crippen LogP contribution >= 0.6 is 0 Å². The lowest BCUT2D eigenvalue weighted by Gasteiger charge is -2.15. The van der Waals surface area contributed by atoms with Crippen molar-refractivity contribution < 1.29 is 18.1 Å². The highest BCUT2D eigenvalue weighted by molar-refractivity contribution is 5.85. The molecule has 2 aromatic heterocycles. The fraction of sp³-hybridized carbons (Fsp3) is 0.250. The van der Waals surface area contributed by atoms with E-state index in [9.17, 15) is 8.78 Å². The topological polar surface area (TPSA) is 111 Å². The maximum Gasteiger partial charge on any atom is 0.394 e. The van der Waals surface area contributed by atoms with Crippen molar-refractivity contribution in [3.8, 4) is 11.8 Å². The number of hydrogen-bond donors (Lipinski definition) is 1. The van der Waals surface area contributed by atoms with Crippen LogP contribution in [0.1, 0.15) is 29.3 Å². The first-order valence-corrected chi connectivity index (χ1v) is 7.25. The Morgan fingerprint density at radius 1 is 1.36 bits per heavy atom. The van der Waals surface area contributed by atoms with Gasteiger partial charge in [0.2, 0.25) is 5.65 Å². The second-order valence-electron chi connectivity index (χ2n) is 5.55. The van der Waals surface area contributed by atoms with Crippen molar-refractivity contribution in [1.82, 2.24) is 15.3 Å². The molecule has 0 aliphatic rings. The summed E-state index contributed by atoms with van der Waals surface area (Å²) in [5.74, 6) is -0.194. The highest BCUT2D eigenvalue weighted by Gasteiger charge is 2.25. The highest BCUT2D eigenvalue weighted by Crippen LogP contribution is 2.30. The molecule has 0 atom stereocenters. The number of hydrogen-bond acceptors (Lipinski definition) is 7. The Labute approximate surface area is 141 Å². The summed E-state index contributed by atoms with van der Waals surface area (Å²) < 4.78 is 35.5. The van der Waals surface area contributed by atoms with Gasteiger partial charge in [0.25, 0.3) is 0 Å². The molecule has 0 aliphatic heterocycles. The molecule has 2 heterocycles. The lowest BCUT2D eigenvalue weighted by molar-refractivity contribution is -0.159. The van der Waals surface area contributed by atoms with E-state index >= 15 is 0 Å². The van der Waals surface area contributed by atoms with Crippen LogP contribution in [0, 0.1) is 18.3 Å². The third-order valence-electron chi connectivity index (χ3n) is 3.60. The summed E-state index contributed by atoms with van der Waals surface area (Å²) in [6.07, 6.45) is -3.10. The zero-order valence-corrected chi connectivity index (χ0v) is 13.4. The maximum atomic E-state index is 13.2. The number of aromatic nitrogens is 3. The number of anilines is 1. The van der Waals surface area contributed by atoms with Gasteiger partial charge in [-0.15, -0.1) is 0 Å². The van der Waals surface area contributed by atoms with Crippen molar-refractivity contribution in [3.05, 3.63) is 40.6 Å². The monoisotopic (exact) mass is 345 g/mol. The van der Waals surface area contributed by atoms with Gasteiger partial charge in [0.1, 0.15) is 11.8 Å². The van der Waals surface area contributed by atoms with Gasteiger partial charge in [0.15, 0.2) is 5.52 Å². The van der Waals surface area contributed by atoms with E-state index in [2.05, 4.69) is 24.7 Å². The van der Waals surface area contributed by atoms with Crippen LogP contribution < -0.4 is 10.5 Å². The minimum atomic E-state index is -3.40. The molecule has 0 spiro atoms. The summed E-state index contributed by atoms with van der Waals surface area (Å²) in [4.78, 5) is 4.26. The number of nitrogens with two attached hydrogens (primary N) is 1. The molecule has 128 valence electrons. The van der Waals surface area contributed by atoms with Crippen molar-refractivity contribution >= 4 is 16.9 Å². The molecule has 7 nitrogen and oxygen atoms in total. The minimum Gasteiger partial charge on any atom is -0.431 e. The van der Waals surface area contributed by atoms with Crippen LogP contribution in [0.3, 0.4) is 0 Å². The average molecular weight is 345 g/mol. The van der Waals surface area contributed by atoms with E-state index in [1.54, 1.807) is 13.0 Å². The number of halogens is 2. The van der Waals surface area contributed by atoms with Gasteiger partial charge in [-0.1, -0.05) is 6.07 Å². The quantitative estimate of drug-likeness (QED) is 0.773. The minimum absolute atomic E-state index is 0.0178. The molecule has 3 rings (SSSR count). The van der Waals surface area contributed by atoms with E-state index < -0.39 is 6.11 Å².